The number of fused-ring (bicyclic) bond motifs is 1. The number of hydrogen-bond donors (Lipinski definition) is 2. The minimum Gasteiger partial charge on any atom is -0.484 e. The highest BCUT2D eigenvalue weighted by Crippen LogP contribution is 2.20. The first-order valence-electron chi connectivity index (χ1n) is 10.3. The minimum atomic E-state index is -3.74. The molecule has 0 radical (unpaired) electrons. The Balaban J connectivity index is 1.32. The maximum absolute atomic E-state index is 12.8. The van der Waals surface area contributed by atoms with Gasteiger partial charge in [-0.15, -0.1) is 0 Å². The normalized spacial score (nSPS) is 14.5. The van der Waals surface area contributed by atoms with Crippen LogP contribution in [-0.4, -0.2) is 57.4 Å². The third-order valence-corrected chi connectivity index (χ3v) is 7.01. The zero-order valence-corrected chi connectivity index (χ0v) is 18.5. The summed E-state index contributed by atoms with van der Waals surface area (Å²) in [6.07, 6.45) is 0. The summed E-state index contributed by atoms with van der Waals surface area (Å²) in [4.78, 5) is 24.5. The van der Waals surface area contributed by atoms with E-state index in [4.69, 9.17) is 9.47 Å². The standard InChI is InChI=1S/C23H23N3O6S/c27-22(16-32-20-9-8-17-4-1-2-5-18(17)14-20)24-25-23(28)19-6-3-7-21(15-19)33(29,30)26-10-12-31-13-11-26/h1-9,14-15H,10-13,16H2,(H,24,27)(H,25,28). The highest BCUT2D eigenvalue weighted by Gasteiger charge is 2.26. The predicted molar refractivity (Wildman–Crippen MR) is 121 cm³/mol. The second-order valence-electron chi connectivity index (χ2n) is 7.34. The van der Waals surface area contributed by atoms with Crippen LogP contribution >= 0.6 is 0 Å². The highest BCUT2D eigenvalue weighted by molar-refractivity contribution is 7.89. The lowest BCUT2D eigenvalue weighted by molar-refractivity contribution is -0.123. The van der Waals surface area contributed by atoms with Gasteiger partial charge in [-0.25, -0.2) is 8.42 Å². The van der Waals surface area contributed by atoms with Crippen LogP contribution in [0.4, 0.5) is 0 Å². The monoisotopic (exact) mass is 469 g/mol. The molecular weight excluding hydrogens is 446 g/mol. The number of hydrogen-bond acceptors (Lipinski definition) is 6. The largest absolute Gasteiger partial charge is 0.484 e. The topological polar surface area (TPSA) is 114 Å². The Morgan fingerprint density at radius 2 is 1.67 bits per heavy atom. The van der Waals surface area contributed by atoms with Crippen molar-refractivity contribution in [3.8, 4) is 5.75 Å². The first-order valence-corrected chi connectivity index (χ1v) is 11.8. The summed E-state index contributed by atoms with van der Waals surface area (Å²) in [5.41, 5.74) is 4.64. The number of nitrogens with one attached hydrogen (secondary N) is 2. The fourth-order valence-electron chi connectivity index (χ4n) is 3.37. The molecule has 2 N–H and O–H groups in total. The molecule has 1 aliphatic rings. The lowest BCUT2D eigenvalue weighted by atomic mass is 10.1. The average molecular weight is 470 g/mol. The Labute approximate surface area is 191 Å². The summed E-state index contributed by atoms with van der Waals surface area (Å²) in [7, 11) is -3.74. The molecule has 1 aliphatic heterocycles. The van der Waals surface area contributed by atoms with Gasteiger partial charge in [0.25, 0.3) is 11.8 Å². The fourth-order valence-corrected chi connectivity index (χ4v) is 4.83. The molecule has 1 heterocycles. The van der Waals surface area contributed by atoms with E-state index in [-0.39, 0.29) is 30.2 Å². The third kappa shape index (κ3) is 5.48. The molecule has 9 nitrogen and oxygen atoms in total. The van der Waals surface area contributed by atoms with Crippen LogP contribution < -0.4 is 15.6 Å². The van der Waals surface area contributed by atoms with Crippen molar-refractivity contribution in [3.63, 3.8) is 0 Å². The van der Waals surface area contributed by atoms with Crippen LogP contribution in [0.25, 0.3) is 10.8 Å². The number of rotatable bonds is 6. The van der Waals surface area contributed by atoms with Crippen molar-refractivity contribution in [2.24, 2.45) is 0 Å². The van der Waals surface area contributed by atoms with Crippen LogP contribution in [0.3, 0.4) is 0 Å². The van der Waals surface area contributed by atoms with Gasteiger partial charge in [-0.3, -0.25) is 20.4 Å². The van der Waals surface area contributed by atoms with Crippen molar-refractivity contribution >= 4 is 32.6 Å². The second kappa shape index (κ2) is 9.99. The summed E-state index contributed by atoms with van der Waals surface area (Å²) in [5, 5.41) is 2.04. The molecule has 0 spiro atoms. The second-order valence-corrected chi connectivity index (χ2v) is 9.28. The summed E-state index contributed by atoms with van der Waals surface area (Å²) in [6.45, 7) is 0.863. The molecule has 4 rings (SSSR count). The number of ether oxygens (including phenoxy) is 2. The fraction of sp³-hybridized carbons (Fsp3) is 0.217. The van der Waals surface area contributed by atoms with Gasteiger partial charge < -0.3 is 9.47 Å². The predicted octanol–water partition coefficient (Wildman–Crippen LogP) is 1.70. The van der Waals surface area contributed by atoms with E-state index in [2.05, 4.69) is 10.9 Å². The summed E-state index contributed by atoms with van der Waals surface area (Å²) in [6, 6.07) is 18.9. The van der Waals surface area contributed by atoms with Crippen LogP contribution in [0, 0.1) is 0 Å². The van der Waals surface area contributed by atoms with Gasteiger partial charge in [-0.1, -0.05) is 36.4 Å². The number of morpholine rings is 1. The van der Waals surface area contributed by atoms with E-state index < -0.39 is 21.8 Å². The van der Waals surface area contributed by atoms with E-state index in [0.717, 1.165) is 10.8 Å². The molecule has 0 aliphatic carbocycles. The van der Waals surface area contributed by atoms with Gasteiger partial charge in [0.2, 0.25) is 10.0 Å². The number of carbonyl (C=O) groups is 2. The van der Waals surface area contributed by atoms with E-state index in [1.807, 2.05) is 36.4 Å². The Bertz CT molecular complexity index is 1270. The Hall–Kier alpha value is -3.47. The zero-order chi connectivity index (χ0) is 23.3. The minimum absolute atomic E-state index is 0.00279. The molecule has 1 saturated heterocycles. The molecule has 0 bridgehead atoms. The first kappa shape index (κ1) is 22.7. The van der Waals surface area contributed by atoms with Crippen molar-refractivity contribution < 1.29 is 27.5 Å². The Kier molecular flexibility index (Phi) is 6.87. The maximum atomic E-state index is 12.8. The molecule has 0 saturated carbocycles. The third-order valence-electron chi connectivity index (χ3n) is 5.11. The molecule has 2 amide bonds. The number of hydrazine groups is 1. The zero-order valence-electron chi connectivity index (χ0n) is 17.7. The van der Waals surface area contributed by atoms with Crippen LogP contribution in [0.15, 0.2) is 71.6 Å². The number of benzene rings is 3. The van der Waals surface area contributed by atoms with E-state index in [1.165, 1.54) is 28.6 Å². The molecule has 1 fully saturated rings. The maximum Gasteiger partial charge on any atom is 0.276 e. The Morgan fingerprint density at radius 3 is 2.45 bits per heavy atom. The van der Waals surface area contributed by atoms with Gasteiger partial charge in [0.15, 0.2) is 6.61 Å². The number of amides is 2. The van der Waals surface area contributed by atoms with E-state index >= 15 is 0 Å². The molecule has 33 heavy (non-hydrogen) atoms. The number of sulfonamides is 1. The lowest BCUT2D eigenvalue weighted by Crippen LogP contribution is -2.44. The smallest absolute Gasteiger partial charge is 0.276 e. The van der Waals surface area contributed by atoms with Crippen molar-refractivity contribution in [1.82, 2.24) is 15.2 Å². The van der Waals surface area contributed by atoms with Crippen molar-refractivity contribution in [2.75, 3.05) is 32.9 Å². The quantitative estimate of drug-likeness (QED) is 0.531. The van der Waals surface area contributed by atoms with Gasteiger partial charge in [0.05, 0.1) is 18.1 Å². The lowest BCUT2D eigenvalue weighted by Gasteiger charge is -2.26. The van der Waals surface area contributed by atoms with Crippen molar-refractivity contribution in [1.29, 1.82) is 0 Å². The Morgan fingerprint density at radius 1 is 0.909 bits per heavy atom. The molecule has 0 unspecified atom stereocenters. The molecule has 172 valence electrons. The van der Waals surface area contributed by atoms with Crippen LogP contribution in [-0.2, 0) is 19.6 Å². The van der Waals surface area contributed by atoms with E-state index in [9.17, 15) is 18.0 Å². The van der Waals surface area contributed by atoms with Gasteiger partial charge in [-0.2, -0.15) is 4.31 Å². The van der Waals surface area contributed by atoms with Crippen LogP contribution in [0.1, 0.15) is 10.4 Å². The van der Waals surface area contributed by atoms with Crippen LogP contribution in [0.2, 0.25) is 0 Å². The molecular formula is C23H23N3O6S. The van der Waals surface area contributed by atoms with E-state index in [1.54, 1.807) is 6.07 Å². The summed E-state index contributed by atoms with van der Waals surface area (Å²) >= 11 is 0. The van der Waals surface area contributed by atoms with Gasteiger partial charge in [-0.05, 0) is 41.1 Å². The molecule has 3 aromatic carbocycles. The molecule has 3 aromatic rings. The van der Waals surface area contributed by atoms with Crippen molar-refractivity contribution in [3.05, 3.63) is 72.3 Å². The number of nitrogens with zero attached hydrogens (tertiary/aromatic N) is 1. The molecule has 0 aromatic heterocycles. The van der Waals surface area contributed by atoms with Crippen LogP contribution in [0.5, 0.6) is 5.75 Å². The van der Waals surface area contributed by atoms with Gasteiger partial charge >= 0.3 is 0 Å². The van der Waals surface area contributed by atoms with Gasteiger partial charge in [0.1, 0.15) is 5.75 Å². The van der Waals surface area contributed by atoms with E-state index in [0.29, 0.717) is 19.0 Å². The SMILES string of the molecule is O=C(COc1ccc2ccccc2c1)NNC(=O)c1cccc(S(=O)(=O)N2CCOCC2)c1. The summed E-state index contributed by atoms with van der Waals surface area (Å²) < 4.78 is 37.6. The average Bonchev–Trinajstić information content (AvgIpc) is 2.86. The van der Waals surface area contributed by atoms with Gasteiger partial charge in [0, 0.05) is 18.7 Å². The molecule has 0 atom stereocenters. The summed E-state index contributed by atoms with van der Waals surface area (Å²) in [5.74, 6) is -0.683. The number of carbonyl (C=O) groups excluding carboxylic acids is 2. The highest BCUT2D eigenvalue weighted by atomic mass is 32.2. The van der Waals surface area contributed by atoms with Crippen molar-refractivity contribution in [2.45, 2.75) is 4.90 Å². The molecule has 10 heteroatoms. The first-order chi connectivity index (χ1) is 15.9.